The van der Waals surface area contributed by atoms with E-state index in [2.05, 4.69) is 0 Å². The van der Waals surface area contributed by atoms with Gasteiger partial charge in [-0.3, -0.25) is 9.59 Å². The molecule has 3 radical (unpaired) electrons. The molecule has 0 saturated heterocycles. The fraction of sp³-hybridized carbons (Fsp3) is 0.917. The van der Waals surface area contributed by atoms with Crippen LogP contribution in [0.15, 0.2) is 0 Å². The van der Waals surface area contributed by atoms with E-state index in [9.17, 15) is 30.0 Å². The van der Waals surface area contributed by atoms with Crippen LogP contribution in [0.2, 0.25) is 0 Å². The van der Waals surface area contributed by atoms with Crippen molar-refractivity contribution in [2.75, 3.05) is 6.61 Å². The average molecular weight is 473 g/mol. The fourth-order valence-corrected chi connectivity index (χ4v) is 7.87. The van der Waals surface area contributed by atoms with Crippen LogP contribution in [-0.2, 0) is 9.59 Å². The van der Waals surface area contributed by atoms with Crippen molar-refractivity contribution in [2.45, 2.75) is 94.5 Å². The summed E-state index contributed by atoms with van der Waals surface area (Å²) in [5, 5.41) is 47.9. The van der Waals surface area contributed by atoms with Crippen LogP contribution in [0, 0.1) is 35.5 Å². The average Bonchev–Trinajstić information content (AvgIpc) is 2.87. The van der Waals surface area contributed by atoms with Gasteiger partial charge in [0.25, 0.3) is 0 Å². The maximum absolute atomic E-state index is 11.7. The Morgan fingerprint density at radius 1 is 0.758 bits per heavy atom. The minimum atomic E-state index is -0.696. The molecule has 0 aliphatic heterocycles. The number of hydrogen-bond donors (Lipinski definition) is 5. The van der Waals surface area contributed by atoms with Gasteiger partial charge in [-0.25, -0.2) is 0 Å². The number of ketones is 2. The maximum atomic E-state index is 11.7. The molecule has 0 aromatic rings. The first kappa shape index (κ1) is 29.4. The first-order chi connectivity index (χ1) is 14.6. The van der Waals surface area contributed by atoms with E-state index in [0.29, 0.717) is 37.5 Å². The zero-order valence-electron chi connectivity index (χ0n) is 21.0. The quantitative estimate of drug-likeness (QED) is 0.198. The zero-order chi connectivity index (χ0) is 22.6. The van der Waals surface area contributed by atoms with Gasteiger partial charge in [0.05, 0.1) is 23.4 Å². The number of hydrogen-bond acceptors (Lipinski definition) is 7. The third-order valence-electron chi connectivity index (χ3n) is 8.68. The molecule has 181 valence electrons. The second-order valence-corrected chi connectivity index (χ2v) is 11.3. The summed E-state index contributed by atoms with van der Waals surface area (Å²) in [6, 6.07) is 0. The van der Waals surface area contributed by atoms with Crippen LogP contribution in [0.5, 0.6) is 0 Å². The molecule has 6 unspecified atom stereocenters. The minimum Gasteiger partial charge on any atom is -1.00 e. The number of carbonyl (C=O) groups excluding carboxylic acids is 2. The summed E-state index contributed by atoms with van der Waals surface area (Å²) in [6.07, 6.45) is 6.62. The van der Waals surface area contributed by atoms with Crippen LogP contribution in [-0.4, -0.2) is 75.5 Å². The minimum absolute atomic E-state index is 0. The van der Waals surface area contributed by atoms with Crippen LogP contribution in [0.1, 0.15) is 72.6 Å². The van der Waals surface area contributed by atoms with Crippen molar-refractivity contribution in [2.24, 2.45) is 35.5 Å². The number of rotatable bonds is 0. The third-order valence-corrected chi connectivity index (χ3v) is 8.68. The maximum Gasteiger partial charge on any atom is 1.00 e. The molecule has 33 heavy (non-hydrogen) atoms. The molecular formula is C24H39BNaO7. The van der Waals surface area contributed by atoms with Crippen LogP contribution in [0.3, 0.4) is 0 Å². The number of aliphatic hydroxyl groups excluding tert-OH is 3. The fourth-order valence-electron chi connectivity index (χ4n) is 7.87. The van der Waals surface area contributed by atoms with Gasteiger partial charge in [-0.15, -0.1) is 0 Å². The van der Waals surface area contributed by atoms with Crippen molar-refractivity contribution < 1.29 is 66.1 Å². The summed E-state index contributed by atoms with van der Waals surface area (Å²) in [4.78, 5) is 23.3. The zero-order valence-corrected chi connectivity index (χ0v) is 22.0. The Balaban J connectivity index is 0.000000283. The SMILES string of the molecule is CCO.O=C1C(=O)C2CC3CC1CC(O)(C3)C2.OC1C2CC3CC(CC(O)(C3)C2)C1O.[B].[H-].[Na+]. The normalized spacial score (nSPS) is 48.3. The van der Waals surface area contributed by atoms with Crippen molar-refractivity contribution >= 4 is 20.0 Å². The molecule has 0 heterocycles. The number of Topliss-reactive ketones (excluding diaryl/α,β-unsaturated/α-hetero) is 2. The molecule has 8 aliphatic rings. The molecule has 0 aromatic carbocycles. The van der Waals surface area contributed by atoms with Gasteiger partial charge in [-0.05, 0) is 94.8 Å². The van der Waals surface area contributed by atoms with Gasteiger partial charge in [-0.1, -0.05) is 0 Å². The second-order valence-electron chi connectivity index (χ2n) is 11.3. The Kier molecular flexibility index (Phi) is 9.88. The molecule has 0 aromatic heterocycles. The van der Waals surface area contributed by atoms with E-state index in [0.717, 1.165) is 38.5 Å². The van der Waals surface area contributed by atoms with Gasteiger partial charge < -0.3 is 27.0 Å². The van der Waals surface area contributed by atoms with Crippen LogP contribution in [0.4, 0.5) is 0 Å². The molecule has 8 rings (SSSR count). The standard InChI is InChI=1S/C11H18O3.C11H14O3.C2H6O.B.Na.H/c2*12-9-7-1-6-2-8(10(9)13)5-11(14,3-6)4-7;1-2-3;;;/h6-10,12-14H,1-5H2;6-8,14H,1-5H2;3H,2H2,1H3;;;/q;;;;+1;-1. The van der Waals surface area contributed by atoms with Crippen LogP contribution < -0.4 is 29.6 Å². The van der Waals surface area contributed by atoms with E-state index in [4.69, 9.17) is 5.11 Å². The Morgan fingerprint density at radius 2 is 1.09 bits per heavy atom. The van der Waals surface area contributed by atoms with E-state index in [1.54, 1.807) is 6.92 Å². The molecule has 5 N–H and O–H groups in total. The summed E-state index contributed by atoms with van der Waals surface area (Å²) in [6.45, 7) is 1.93. The molecule has 8 bridgehead atoms. The molecule has 8 fully saturated rings. The van der Waals surface area contributed by atoms with Crippen molar-refractivity contribution in [3.8, 4) is 0 Å². The molecule has 8 saturated carbocycles. The molecule has 0 spiro atoms. The van der Waals surface area contributed by atoms with Crippen LogP contribution in [0.25, 0.3) is 0 Å². The second kappa shape index (κ2) is 11.1. The Hall–Kier alpha value is 0.205. The summed E-state index contributed by atoms with van der Waals surface area (Å²) in [5.41, 5.74) is -1.27. The van der Waals surface area contributed by atoms with Gasteiger partial charge in [-0.2, -0.15) is 0 Å². The molecule has 6 atom stereocenters. The predicted octanol–water partition coefficient (Wildman–Crippen LogP) is -2.29. The summed E-state index contributed by atoms with van der Waals surface area (Å²) in [5.74, 6) is 0.457. The smallest absolute Gasteiger partial charge is 1.00 e. The van der Waals surface area contributed by atoms with Gasteiger partial charge >= 0.3 is 29.6 Å². The summed E-state index contributed by atoms with van der Waals surface area (Å²) in [7, 11) is 0. The largest absolute Gasteiger partial charge is 1.00 e. The third kappa shape index (κ3) is 5.96. The monoisotopic (exact) mass is 473 g/mol. The number of aliphatic hydroxyl groups is 5. The molecule has 9 heteroatoms. The van der Waals surface area contributed by atoms with Crippen molar-refractivity contribution in [3.63, 3.8) is 0 Å². The van der Waals surface area contributed by atoms with E-state index in [-0.39, 0.29) is 81.2 Å². The summed E-state index contributed by atoms with van der Waals surface area (Å²) >= 11 is 0. The van der Waals surface area contributed by atoms with Gasteiger partial charge in [0.15, 0.2) is 0 Å². The van der Waals surface area contributed by atoms with Gasteiger partial charge in [0, 0.05) is 26.9 Å². The Morgan fingerprint density at radius 3 is 1.42 bits per heavy atom. The molecule has 0 amide bonds. The topological polar surface area (TPSA) is 135 Å². The molecule has 8 aliphatic carbocycles. The Bertz CT molecular complexity index is 679. The van der Waals surface area contributed by atoms with E-state index < -0.39 is 23.4 Å². The molecular weight excluding hydrogens is 434 g/mol. The van der Waals surface area contributed by atoms with E-state index >= 15 is 0 Å². The van der Waals surface area contributed by atoms with Gasteiger partial charge in [0.1, 0.15) is 0 Å². The van der Waals surface area contributed by atoms with Crippen molar-refractivity contribution in [3.05, 3.63) is 0 Å². The number of carbonyl (C=O) groups is 2. The van der Waals surface area contributed by atoms with Crippen molar-refractivity contribution in [1.82, 2.24) is 0 Å². The first-order valence-electron chi connectivity index (χ1n) is 12.1. The van der Waals surface area contributed by atoms with Crippen LogP contribution >= 0.6 is 0 Å². The van der Waals surface area contributed by atoms with E-state index in [1.165, 1.54) is 0 Å². The molecule has 7 nitrogen and oxygen atoms in total. The predicted molar refractivity (Wildman–Crippen MR) is 119 cm³/mol. The van der Waals surface area contributed by atoms with Crippen molar-refractivity contribution in [1.29, 1.82) is 0 Å². The van der Waals surface area contributed by atoms with E-state index in [1.807, 2.05) is 0 Å². The first-order valence-corrected chi connectivity index (χ1v) is 12.1. The Labute approximate surface area is 222 Å². The number of fused-ring (bicyclic) bond motifs is 2. The summed E-state index contributed by atoms with van der Waals surface area (Å²) < 4.78 is 0. The van der Waals surface area contributed by atoms with Gasteiger partial charge in [0.2, 0.25) is 11.6 Å².